The minimum atomic E-state index is -0.547. The van der Waals surface area contributed by atoms with Crippen LogP contribution in [0.15, 0.2) is 47.6 Å². The molecule has 0 aliphatic rings. The molecule has 0 spiro atoms. The number of aryl methyl sites for hydroxylation is 1. The summed E-state index contributed by atoms with van der Waals surface area (Å²) in [7, 11) is 0. The highest BCUT2D eigenvalue weighted by Gasteiger charge is 2.08. The van der Waals surface area contributed by atoms with Gasteiger partial charge in [0.1, 0.15) is 17.4 Å². The van der Waals surface area contributed by atoms with Crippen molar-refractivity contribution in [1.82, 2.24) is 0 Å². The molecule has 2 aromatic carbocycles. The number of carbonyl (C=O) groups excluding carboxylic acids is 1. The fraction of sp³-hybridized carbons (Fsp3) is 0.133. The first-order valence-corrected chi connectivity index (χ1v) is 6.18. The topological polar surface area (TPSA) is 61.0 Å². The minimum Gasteiger partial charge on any atom is -0.706 e. The van der Waals surface area contributed by atoms with Gasteiger partial charge in [0, 0.05) is 5.69 Å². The van der Waals surface area contributed by atoms with E-state index in [-0.39, 0.29) is 24.3 Å². The van der Waals surface area contributed by atoms with Gasteiger partial charge in [0.2, 0.25) is 0 Å². The van der Waals surface area contributed by atoms with Crippen LogP contribution in [-0.2, 0) is 11.2 Å². The first-order valence-electron chi connectivity index (χ1n) is 6.18. The van der Waals surface area contributed by atoms with Crippen LogP contribution in [0, 0.1) is 11.6 Å². The van der Waals surface area contributed by atoms with Crippen LogP contribution in [0.2, 0.25) is 0 Å². The van der Waals surface area contributed by atoms with Crippen molar-refractivity contribution in [1.29, 1.82) is 0 Å². The third-order valence-electron chi connectivity index (χ3n) is 2.79. The Kier molecular flexibility index (Phi) is 4.71. The van der Waals surface area contributed by atoms with E-state index >= 15 is 0 Å². The van der Waals surface area contributed by atoms with Crippen LogP contribution >= 0.6 is 0 Å². The quantitative estimate of drug-likeness (QED) is 0.471. The molecule has 0 aliphatic carbocycles. The van der Waals surface area contributed by atoms with Crippen molar-refractivity contribution in [3.63, 3.8) is 0 Å². The Labute approximate surface area is 119 Å². The molecule has 0 radical (unpaired) electrons. The Morgan fingerprint density at radius 2 is 1.76 bits per heavy atom. The summed E-state index contributed by atoms with van der Waals surface area (Å²) in [6.07, 6.45) is 0.139. The molecule has 0 aromatic heterocycles. The average Bonchev–Trinajstić information content (AvgIpc) is 2.48. The first kappa shape index (κ1) is 14.8. The lowest BCUT2D eigenvalue weighted by molar-refractivity contribution is -0.134. The first-order chi connectivity index (χ1) is 10.1. The molecular weight excluding hydrogens is 278 g/mol. The van der Waals surface area contributed by atoms with Crippen molar-refractivity contribution in [2.45, 2.75) is 12.8 Å². The maximum atomic E-state index is 13.1. The van der Waals surface area contributed by atoms with Crippen LogP contribution in [0.5, 0.6) is 5.75 Å². The SMILES string of the molecule is [N-]=Nc1ccc(F)cc1CCC(=O)Oc1ccc(F)cc1. The van der Waals surface area contributed by atoms with Gasteiger partial charge < -0.3 is 15.4 Å². The third kappa shape index (κ3) is 4.17. The maximum Gasteiger partial charge on any atom is 0.311 e. The number of halogens is 2. The van der Waals surface area contributed by atoms with E-state index in [1.807, 2.05) is 0 Å². The van der Waals surface area contributed by atoms with Crippen LogP contribution in [-0.4, -0.2) is 5.97 Å². The van der Waals surface area contributed by atoms with Gasteiger partial charge in [-0.1, -0.05) is 0 Å². The second-order valence-corrected chi connectivity index (χ2v) is 4.30. The largest absolute Gasteiger partial charge is 0.706 e. The fourth-order valence-electron chi connectivity index (χ4n) is 1.77. The standard InChI is InChI=1S/C15H11F2N2O2/c16-11-2-5-13(6-3-11)21-15(20)8-1-10-9-12(17)4-7-14(10)19-18/h2-7,9H,1,8H2/q-1. The summed E-state index contributed by atoms with van der Waals surface area (Å²) in [5.74, 6) is -1.23. The van der Waals surface area contributed by atoms with Crippen LogP contribution in [0.25, 0.3) is 5.53 Å². The molecule has 108 valence electrons. The Morgan fingerprint density at radius 1 is 1.10 bits per heavy atom. The molecule has 0 unspecified atom stereocenters. The third-order valence-corrected chi connectivity index (χ3v) is 2.79. The lowest BCUT2D eigenvalue weighted by atomic mass is 10.1. The second kappa shape index (κ2) is 6.69. The highest BCUT2D eigenvalue weighted by molar-refractivity contribution is 5.73. The zero-order valence-corrected chi connectivity index (χ0v) is 10.9. The molecule has 6 heteroatoms. The Hall–Kier alpha value is -2.63. The number of hydrogen-bond donors (Lipinski definition) is 0. The van der Waals surface area contributed by atoms with E-state index in [9.17, 15) is 13.6 Å². The molecule has 0 amide bonds. The Morgan fingerprint density at radius 3 is 2.43 bits per heavy atom. The van der Waals surface area contributed by atoms with E-state index < -0.39 is 17.6 Å². The lowest BCUT2D eigenvalue weighted by Gasteiger charge is -2.08. The monoisotopic (exact) mass is 289 g/mol. The second-order valence-electron chi connectivity index (χ2n) is 4.30. The van der Waals surface area contributed by atoms with Gasteiger partial charge in [-0.05, 0) is 54.4 Å². The molecule has 0 bridgehead atoms. The summed E-state index contributed by atoms with van der Waals surface area (Å²) >= 11 is 0. The maximum absolute atomic E-state index is 13.1. The number of nitrogens with zero attached hydrogens (tertiary/aromatic N) is 2. The predicted molar refractivity (Wildman–Crippen MR) is 72.2 cm³/mol. The molecule has 4 nitrogen and oxygen atoms in total. The van der Waals surface area contributed by atoms with Gasteiger partial charge in [-0.3, -0.25) is 4.79 Å². The number of hydrogen-bond acceptors (Lipinski definition) is 3. The van der Waals surface area contributed by atoms with Gasteiger partial charge in [0.05, 0.1) is 6.42 Å². The molecule has 0 heterocycles. The van der Waals surface area contributed by atoms with Gasteiger partial charge in [-0.15, -0.1) is 0 Å². The molecule has 0 aliphatic heterocycles. The fourth-order valence-corrected chi connectivity index (χ4v) is 1.77. The van der Waals surface area contributed by atoms with E-state index in [0.717, 1.165) is 6.07 Å². The molecule has 0 saturated heterocycles. The van der Waals surface area contributed by atoms with Gasteiger partial charge in [-0.2, -0.15) is 0 Å². The van der Waals surface area contributed by atoms with Crippen LogP contribution in [0.3, 0.4) is 0 Å². The zero-order valence-electron chi connectivity index (χ0n) is 10.9. The number of ether oxygens (including phenoxy) is 1. The summed E-state index contributed by atoms with van der Waals surface area (Å²) in [5.41, 5.74) is 9.38. The molecule has 0 atom stereocenters. The van der Waals surface area contributed by atoms with Gasteiger partial charge in [0.15, 0.2) is 0 Å². The smallest absolute Gasteiger partial charge is 0.311 e. The highest BCUT2D eigenvalue weighted by Crippen LogP contribution is 2.22. The summed E-state index contributed by atoms with van der Waals surface area (Å²) in [4.78, 5) is 11.7. The highest BCUT2D eigenvalue weighted by atomic mass is 19.1. The predicted octanol–water partition coefficient (Wildman–Crippen LogP) is 4.16. The normalized spacial score (nSPS) is 10.2. The number of benzene rings is 2. The molecular formula is C15H11F2N2O2-. The summed E-state index contributed by atoms with van der Waals surface area (Å²) in [6, 6.07) is 8.70. The van der Waals surface area contributed by atoms with Crippen molar-refractivity contribution >= 4 is 11.7 Å². The molecule has 2 rings (SSSR count). The average molecular weight is 289 g/mol. The van der Waals surface area contributed by atoms with E-state index in [4.69, 9.17) is 10.3 Å². The molecule has 0 N–H and O–H groups in total. The Bertz CT molecular complexity index is 657. The van der Waals surface area contributed by atoms with Crippen molar-refractivity contribution in [2.24, 2.45) is 5.11 Å². The molecule has 0 fully saturated rings. The van der Waals surface area contributed by atoms with E-state index in [0.29, 0.717) is 5.56 Å². The van der Waals surface area contributed by atoms with Crippen molar-refractivity contribution in [3.8, 4) is 5.75 Å². The Balaban J connectivity index is 1.96. The van der Waals surface area contributed by atoms with Gasteiger partial charge >= 0.3 is 5.97 Å². The van der Waals surface area contributed by atoms with E-state index in [2.05, 4.69) is 5.11 Å². The van der Waals surface area contributed by atoms with Gasteiger partial charge in [0.25, 0.3) is 0 Å². The van der Waals surface area contributed by atoms with Crippen molar-refractivity contribution < 1.29 is 18.3 Å². The molecule has 21 heavy (non-hydrogen) atoms. The summed E-state index contributed by atoms with van der Waals surface area (Å²) < 4.78 is 30.8. The van der Waals surface area contributed by atoms with E-state index in [1.165, 1.54) is 36.4 Å². The summed E-state index contributed by atoms with van der Waals surface area (Å²) in [6.45, 7) is 0. The van der Waals surface area contributed by atoms with Crippen LogP contribution < -0.4 is 4.74 Å². The van der Waals surface area contributed by atoms with Crippen LogP contribution in [0.4, 0.5) is 14.5 Å². The number of rotatable bonds is 5. The molecule has 0 saturated carbocycles. The van der Waals surface area contributed by atoms with E-state index in [1.54, 1.807) is 0 Å². The van der Waals surface area contributed by atoms with Crippen molar-refractivity contribution in [2.75, 3.05) is 0 Å². The number of carbonyl (C=O) groups is 1. The summed E-state index contributed by atoms with van der Waals surface area (Å²) in [5, 5.41) is 3.02. The lowest BCUT2D eigenvalue weighted by Crippen LogP contribution is -2.09. The molecule has 2 aromatic rings. The minimum absolute atomic E-state index is 0.0245. The zero-order chi connectivity index (χ0) is 15.2. The number of esters is 1. The van der Waals surface area contributed by atoms with Crippen molar-refractivity contribution in [3.05, 3.63) is 65.2 Å². The van der Waals surface area contributed by atoms with Gasteiger partial charge in [-0.25, -0.2) is 8.78 Å². The van der Waals surface area contributed by atoms with Crippen LogP contribution in [0.1, 0.15) is 12.0 Å².